The topological polar surface area (TPSA) is 25.3 Å². The van der Waals surface area contributed by atoms with Crippen LogP contribution in [0, 0.1) is 0 Å². The van der Waals surface area contributed by atoms with Crippen LogP contribution in [0.4, 0.5) is 0 Å². The zero-order valence-electron chi connectivity index (χ0n) is 28.9. The Bertz CT molecular complexity index is 1200. The molecule has 0 saturated heterocycles. The normalized spacial score (nSPS) is 12.7. The van der Waals surface area contributed by atoms with Crippen molar-refractivity contribution < 1.29 is 19.1 Å². The second-order valence-electron chi connectivity index (χ2n) is 12.2. The van der Waals surface area contributed by atoms with Crippen LogP contribution in [0.1, 0.15) is 139 Å². The summed E-state index contributed by atoms with van der Waals surface area (Å²) in [6.07, 6.45) is 27.3. The molecular formula is C42H62N2Ni. The molecule has 45 heavy (non-hydrogen) atoms. The number of nitrogens with zero attached hydrogens (tertiary/aromatic N) is 2. The summed E-state index contributed by atoms with van der Waals surface area (Å²) in [5.41, 5.74) is 19.7. The molecule has 0 aliphatic carbocycles. The predicted molar refractivity (Wildman–Crippen MR) is 195 cm³/mol. The van der Waals surface area contributed by atoms with E-state index in [-0.39, 0.29) is 0 Å². The molecular weight excluding hydrogens is 591 g/mol. The molecule has 1 aliphatic heterocycles. The van der Waals surface area contributed by atoms with E-state index in [1.807, 2.05) is 12.2 Å². The van der Waals surface area contributed by atoms with Gasteiger partial charge < -0.3 is 5.53 Å². The molecule has 0 atom stereocenters. The number of allylic oxidation sites excluding steroid dienone is 4. The van der Waals surface area contributed by atoms with Crippen LogP contribution >= 0.6 is 0 Å². The SMILES string of the molecule is C=C[CH2][Ni][CH2]C=C.CCCCCCCCC1=C(c2cccc(CCCCCCCC)c2)[N+](=[N-])C(c2cccc(CCCC)c2)=C1. The van der Waals surface area contributed by atoms with Crippen molar-refractivity contribution in [2.45, 2.75) is 141 Å². The van der Waals surface area contributed by atoms with E-state index >= 15 is 0 Å². The van der Waals surface area contributed by atoms with Crippen molar-refractivity contribution in [3.63, 3.8) is 0 Å². The third-order valence-corrected chi connectivity index (χ3v) is 9.42. The van der Waals surface area contributed by atoms with Gasteiger partial charge in [-0.25, -0.2) is 4.70 Å². The van der Waals surface area contributed by atoms with Gasteiger partial charge in [-0.15, -0.1) is 0 Å². The molecule has 1 heterocycles. The third-order valence-electron chi connectivity index (χ3n) is 8.28. The Labute approximate surface area is 283 Å². The number of rotatable bonds is 23. The zero-order valence-corrected chi connectivity index (χ0v) is 29.9. The summed E-state index contributed by atoms with van der Waals surface area (Å²) >= 11 is 1.66. The van der Waals surface area contributed by atoms with E-state index in [2.05, 4.69) is 88.5 Å². The van der Waals surface area contributed by atoms with Gasteiger partial charge in [0.1, 0.15) is 0 Å². The van der Waals surface area contributed by atoms with Gasteiger partial charge in [-0.1, -0.05) is 116 Å². The number of hydrogen-bond acceptors (Lipinski definition) is 0. The summed E-state index contributed by atoms with van der Waals surface area (Å²) in [6.45, 7) is 14.0. The van der Waals surface area contributed by atoms with E-state index in [1.54, 1.807) is 14.4 Å². The van der Waals surface area contributed by atoms with Crippen LogP contribution in [0.5, 0.6) is 0 Å². The van der Waals surface area contributed by atoms with Gasteiger partial charge in [0.25, 0.3) is 0 Å². The van der Waals surface area contributed by atoms with E-state index in [0.717, 1.165) is 52.6 Å². The van der Waals surface area contributed by atoms with Crippen molar-refractivity contribution in [3.8, 4) is 0 Å². The van der Waals surface area contributed by atoms with Gasteiger partial charge in [0.05, 0.1) is 0 Å². The van der Waals surface area contributed by atoms with Crippen molar-refractivity contribution in [1.82, 2.24) is 0 Å². The number of hydrogen-bond donors (Lipinski definition) is 0. The predicted octanol–water partition coefficient (Wildman–Crippen LogP) is 13.8. The molecule has 2 aromatic carbocycles. The van der Waals surface area contributed by atoms with Crippen LogP contribution in [0.3, 0.4) is 0 Å². The second kappa shape index (κ2) is 24.7. The summed E-state index contributed by atoms with van der Waals surface area (Å²) in [5.74, 6) is 0. The van der Waals surface area contributed by atoms with Crippen molar-refractivity contribution >= 4 is 11.4 Å². The largest absolute Gasteiger partial charge is 0.493 e. The zero-order chi connectivity index (χ0) is 32.5. The number of benzene rings is 2. The maximum Gasteiger partial charge on any atom is 0.210 e. The van der Waals surface area contributed by atoms with E-state index in [1.165, 1.54) is 111 Å². The Morgan fingerprint density at radius 2 is 1.11 bits per heavy atom. The van der Waals surface area contributed by atoms with Gasteiger partial charge in [-0.05, 0) is 73.9 Å². The van der Waals surface area contributed by atoms with Crippen LogP contribution in [0.25, 0.3) is 16.9 Å². The molecule has 0 saturated carbocycles. The second-order valence-corrected chi connectivity index (χ2v) is 13.5. The Balaban J connectivity index is 0.000000900. The van der Waals surface area contributed by atoms with E-state index in [0.29, 0.717) is 0 Å². The maximum absolute atomic E-state index is 11.6. The van der Waals surface area contributed by atoms with Crippen molar-refractivity contribution in [1.29, 1.82) is 0 Å². The first-order valence-corrected chi connectivity index (χ1v) is 19.3. The first kappa shape index (κ1) is 38.7. The Morgan fingerprint density at radius 1 is 0.622 bits per heavy atom. The summed E-state index contributed by atoms with van der Waals surface area (Å²) in [4.78, 5) is 0. The van der Waals surface area contributed by atoms with Crippen LogP contribution in [-0.4, -0.2) is 4.70 Å². The molecule has 0 radical (unpaired) electrons. The van der Waals surface area contributed by atoms with Crippen LogP contribution < -0.4 is 0 Å². The smallest absolute Gasteiger partial charge is 0.210 e. The molecule has 0 unspecified atom stereocenters. The van der Waals surface area contributed by atoms with Crippen LogP contribution in [-0.2, 0) is 27.3 Å². The van der Waals surface area contributed by atoms with Gasteiger partial charge >= 0.3 is 50.5 Å². The molecule has 0 spiro atoms. The molecule has 0 fully saturated rings. The fourth-order valence-corrected chi connectivity index (χ4v) is 6.35. The molecule has 2 aromatic rings. The fraction of sp³-hybridized carbons (Fsp3) is 0.524. The van der Waals surface area contributed by atoms with Gasteiger partial charge in [0, 0.05) is 22.8 Å². The minimum atomic E-state index is 0.917. The molecule has 0 aromatic heterocycles. The Morgan fingerprint density at radius 3 is 1.69 bits per heavy atom. The molecule has 3 rings (SSSR count). The minimum absolute atomic E-state index is 0.917. The molecule has 3 heteroatoms. The molecule has 0 bridgehead atoms. The van der Waals surface area contributed by atoms with Crippen LogP contribution in [0.15, 0.2) is 85.5 Å². The molecule has 0 amide bonds. The monoisotopic (exact) mass is 652 g/mol. The van der Waals surface area contributed by atoms with E-state index in [4.69, 9.17) is 0 Å². The van der Waals surface area contributed by atoms with Gasteiger partial charge in [0.2, 0.25) is 11.4 Å². The molecule has 250 valence electrons. The third kappa shape index (κ3) is 15.1. The quantitative estimate of drug-likeness (QED) is 0.0494. The number of unbranched alkanes of at least 4 members (excludes halogenated alkanes) is 11. The maximum atomic E-state index is 11.6. The van der Waals surface area contributed by atoms with E-state index < -0.39 is 0 Å². The van der Waals surface area contributed by atoms with Gasteiger partial charge in [-0.3, -0.25) is 0 Å². The average molecular weight is 654 g/mol. The summed E-state index contributed by atoms with van der Waals surface area (Å²) in [7, 11) is 0. The van der Waals surface area contributed by atoms with E-state index in [9.17, 15) is 5.53 Å². The first-order chi connectivity index (χ1) is 22.1. The molecule has 1 aliphatic rings. The Hall–Kier alpha value is -2.51. The summed E-state index contributed by atoms with van der Waals surface area (Å²) in [6, 6.07) is 17.7. The first-order valence-electron chi connectivity index (χ1n) is 17.9. The minimum Gasteiger partial charge on any atom is -0.493 e. The average Bonchev–Trinajstić information content (AvgIpc) is 3.39. The molecule has 2 nitrogen and oxygen atoms in total. The summed E-state index contributed by atoms with van der Waals surface area (Å²) < 4.78 is 1.48. The summed E-state index contributed by atoms with van der Waals surface area (Å²) in [5, 5.41) is 2.11. The molecule has 0 N–H and O–H groups in total. The van der Waals surface area contributed by atoms with Crippen LogP contribution in [0.2, 0.25) is 10.8 Å². The fourth-order valence-electron chi connectivity index (χ4n) is 5.78. The number of aryl methyl sites for hydroxylation is 2. The van der Waals surface area contributed by atoms with Crippen molar-refractivity contribution in [2.75, 3.05) is 0 Å². The van der Waals surface area contributed by atoms with Crippen molar-refractivity contribution in [3.05, 3.63) is 113 Å². The Kier molecular flexibility index (Phi) is 21.2. The standard InChI is InChI=1S/C36H52N2.2C3H5.Ni/c1-4-7-10-12-14-16-21-31-23-19-26-33(28-31)36-34(24-17-15-13-11-8-5-2)29-35(38(36)37)32-25-18-22-30(27-32)20-9-6-3;2*1-3-2;/h18-19,22-23,25-29H,4-17,20-21,24H2,1-3H3;2*3H,1-2H2;. The van der Waals surface area contributed by atoms with Gasteiger partial charge in [-0.2, -0.15) is 0 Å². The van der Waals surface area contributed by atoms with Gasteiger partial charge in [0.15, 0.2) is 0 Å². The van der Waals surface area contributed by atoms with Crippen molar-refractivity contribution in [2.24, 2.45) is 0 Å².